The van der Waals surface area contributed by atoms with Gasteiger partial charge in [0.25, 0.3) is 0 Å². The smallest absolute Gasteiger partial charge is 0.169 e. The minimum Gasteiger partial charge on any atom is -0.454 e. The normalized spacial score (nSPS) is 27.6. The summed E-state index contributed by atoms with van der Waals surface area (Å²) >= 11 is 3.23. The molecular weight excluding hydrogens is 222 g/mol. The molecule has 1 aliphatic carbocycles. The predicted molar refractivity (Wildman–Crippen MR) is 47.7 cm³/mol. The van der Waals surface area contributed by atoms with E-state index in [1.54, 1.807) is 0 Å². The van der Waals surface area contributed by atoms with Crippen molar-refractivity contribution < 1.29 is 9.52 Å². The Kier molecular flexibility index (Phi) is 1.78. The summed E-state index contributed by atoms with van der Waals surface area (Å²) in [4.78, 5) is 0. The molecule has 0 saturated heterocycles. The number of halogens is 1. The molecule has 1 unspecified atom stereocenters. The van der Waals surface area contributed by atoms with Gasteiger partial charge in [-0.2, -0.15) is 0 Å². The fourth-order valence-electron chi connectivity index (χ4n) is 1.64. The van der Waals surface area contributed by atoms with Crippen LogP contribution in [0.1, 0.15) is 17.7 Å². The monoisotopic (exact) mass is 231 g/mol. The molecule has 0 saturated carbocycles. The number of furan rings is 1. The third-order valence-electron chi connectivity index (χ3n) is 2.40. The minimum absolute atomic E-state index is 0.0219. The number of aliphatic hydroxyl groups excluding tert-OH is 1. The predicted octanol–water partition coefficient (Wildman–Crippen LogP) is 1.13. The number of hydrogen-bond acceptors (Lipinski definition) is 3. The summed E-state index contributed by atoms with van der Waals surface area (Å²) in [6.45, 7) is -0.0219. The van der Waals surface area contributed by atoms with Gasteiger partial charge in [-0.3, -0.25) is 0 Å². The van der Waals surface area contributed by atoms with E-state index in [1.165, 1.54) is 0 Å². The van der Waals surface area contributed by atoms with Gasteiger partial charge in [-0.15, -0.1) is 0 Å². The molecule has 0 bridgehead atoms. The Morgan fingerprint density at radius 1 is 1.75 bits per heavy atom. The first kappa shape index (κ1) is 8.29. The van der Waals surface area contributed by atoms with Gasteiger partial charge in [-0.1, -0.05) is 0 Å². The lowest BCUT2D eigenvalue weighted by atomic mass is 9.96. The molecule has 1 aliphatic rings. The maximum absolute atomic E-state index is 9.10. The van der Waals surface area contributed by atoms with Crippen LogP contribution in [0.4, 0.5) is 0 Å². The molecule has 3 nitrogen and oxygen atoms in total. The van der Waals surface area contributed by atoms with Gasteiger partial charge < -0.3 is 15.3 Å². The third kappa shape index (κ3) is 1.02. The zero-order valence-corrected chi connectivity index (χ0v) is 8.10. The van der Waals surface area contributed by atoms with Crippen molar-refractivity contribution in [2.45, 2.75) is 18.4 Å². The summed E-state index contributed by atoms with van der Waals surface area (Å²) in [7, 11) is 0. The van der Waals surface area contributed by atoms with E-state index >= 15 is 0 Å². The number of aliphatic hydroxyl groups is 1. The zero-order valence-electron chi connectivity index (χ0n) is 6.51. The van der Waals surface area contributed by atoms with E-state index in [-0.39, 0.29) is 6.61 Å². The van der Waals surface area contributed by atoms with Crippen LogP contribution < -0.4 is 5.73 Å². The fraction of sp³-hybridized carbons (Fsp3) is 0.500. The number of aryl methyl sites for hydroxylation is 1. The fourth-order valence-corrected chi connectivity index (χ4v) is 2.06. The molecule has 0 aromatic carbocycles. The molecule has 0 fully saturated rings. The molecule has 2 rings (SSSR count). The highest BCUT2D eigenvalue weighted by molar-refractivity contribution is 9.10. The van der Waals surface area contributed by atoms with Crippen LogP contribution in [0.15, 0.2) is 15.2 Å². The maximum atomic E-state index is 9.10. The summed E-state index contributed by atoms with van der Waals surface area (Å²) in [5.74, 6) is 0.901. The molecule has 0 aliphatic heterocycles. The van der Waals surface area contributed by atoms with Gasteiger partial charge in [-0.25, -0.2) is 0 Å². The summed E-state index contributed by atoms with van der Waals surface area (Å²) in [6.07, 6.45) is 1.59. The first-order valence-corrected chi connectivity index (χ1v) is 4.63. The van der Waals surface area contributed by atoms with Crippen LogP contribution in [0, 0.1) is 0 Å². The van der Waals surface area contributed by atoms with E-state index < -0.39 is 5.54 Å². The second kappa shape index (κ2) is 2.58. The Labute approximate surface area is 78.7 Å². The van der Waals surface area contributed by atoms with E-state index in [1.807, 2.05) is 6.07 Å². The highest BCUT2D eigenvalue weighted by atomic mass is 79.9. The van der Waals surface area contributed by atoms with Crippen LogP contribution in [-0.2, 0) is 12.0 Å². The standard InChI is InChI=1S/C8H10BrNO2/c9-7-3-5-6(12-7)1-2-8(5,10)4-11/h3,11H,1-2,4,10H2. The van der Waals surface area contributed by atoms with Crippen molar-refractivity contribution in [1.29, 1.82) is 0 Å². The van der Waals surface area contributed by atoms with Gasteiger partial charge in [0.15, 0.2) is 4.67 Å². The van der Waals surface area contributed by atoms with Crippen LogP contribution in [0.5, 0.6) is 0 Å². The van der Waals surface area contributed by atoms with E-state index in [2.05, 4.69) is 15.9 Å². The first-order valence-electron chi connectivity index (χ1n) is 3.84. The molecule has 0 radical (unpaired) electrons. The average molecular weight is 232 g/mol. The summed E-state index contributed by atoms with van der Waals surface area (Å²) < 4.78 is 6.04. The number of fused-ring (bicyclic) bond motifs is 1. The highest BCUT2D eigenvalue weighted by Gasteiger charge is 2.37. The second-order valence-corrected chi connectivity index (χ2v) is 3.98. The Hall–Kier alpha value is -0.320. The van der Waals surface area contributed by atoms with Crippen molar-refractivity contribution >= 4 is 15.9 Å². The molecule has 4 heteroatoms. The lowest BCUT2D eigenvalue weighted by molar-refractivity contribution is 0.196. The summed E-state index contributed by atoms with van der Waals surface area (Å²) in [6, 6.07) is 1.85. The minimum atomic E-state index is -0.579. The largest absolute Gasteiger partial charge is 0.454 e. The van der Waals surface area contributed by atoms with Gasteiger partial charge in [0.05, 0.1) is 12.1 Å². The number of nitrogens with two attached hydrogens (primary N) is 1. The quantitative estimate of drug-likeness (QED) is 0.763. The van der Waals surface area contributed by atoms with Crippen molar-refractivity contribution in [2.24, 2.45) is 5.73 Å². The van der Waals surface area contributed by atoms with Crippen molar-refractivity contribution in [2.75, 3.05) is 6.61 Å². The van der Waals surface area contributed by atoms with Crippen LogP contribution in [0.3, 0.4) is 0 Å². The number of hydrogen-bond donors (Lipinski definition) is 2. The summed E-state index contributed by atoms with van der Waals surface area (Å²) in [5.41, 5.74) is 6.32. The topological polar surface area (TPSA) is 59.4 Å². The highest BCUT2D eigenvalue weighted by Crippen LogP contribution is 2.37. The molecule has 1 heterocycles. The van der Waals surface area contributed by atoms with E-state index in [9.17, 15) is 0 Å². The average Bonchev–Trinajstić information content (AvgIpc) is 2.53. The molecule has 0 amide bonds. The van der Waals surface area contributed by atoms with Crippen molar-refractivity contribution in [3.05, 3.63) is 22.1 Å². The molecule has 12 heavy (non-hydrogen) atoms. The number of rotatable bonds is 1. The van der Waals surface area contributed by atoms with Crippen molar-refractivity contribution in [3.63, 3.8) is 0 Å². The van der Waals surface area contributed by atoms with Crippen LogP contribution >= 0.6 is 15.9 Å². The third-order valence-corrected chi connectivity index (χ3v) is 2.79. The first-order chi connectivity index (χ1) is 5.65. The van der Waals surface area contributed by atoms with Gasteiger partial charge in [0.2, 0.25) is 0 Å². The molecular formula is C8H10BrNO2. The zero-order chi connectivity index (χ0) is 8.77. The molecule has 3 N–H and O–H groups in total. The van der Waals surface area contributed by atoms with Gasteiger partial charge >= 0.3 is 0 Å². The molecule has 1 aromatic rings. The lowest BCUT2D eigenvalue weighted by Gasteiger charge is -2.19. The Balaban J connectivity index is 2.47. The SMILES string of the molecule is NC1(CO)CCc2oc(Br)cc21. The maximum Gasteiger partial charge on any atom is 0.169 e. The van der Waals surface area contributed by atoms with E-state index in [0.717, 1.165) is 24.2 Å². The van der Waals surface area contributed by atoms with Crippen molar-refractivity contribution in [3.8, 4) is 0 Å². The molecule has 1 aromatic heterocycles. The van der Waals surface area contributed by atoms with E-state index in [0.29, 0.717) is 4.67 Å². The van der Waals surface area contributed by atoms with Crippen molar-refractivity contribution in [1.82, 2.24) is 0 Å². The molecule has 66 valence electrons. The Morgan fingerprint density at radius 2 is 2.50 bits per heavy atom. The van der Waals surface area contributed by atoms with Crippen LogP contribution in [0.25, 0.3) is 0 Å². The Bertz CT molecular complexity index is 310. The van der Waals surface area contributed by atoms with Gasteiger partial charge in [0.1, 0.15) is 5.76 Å². The van der Waals surface area contributed by atoms with Gasteiger partial charge in [-0.05, 0) is 28.4 Å². The molecule has 0 spiro atoms. The van der Waals surface area contributed by atoms with Gasteiger partial charge in [0, 0.05) is 12.0 Å². The summed E-state index contributed by atoms with van der Waals surface area (Å²) in [5, 5.41) is 9.10. The second-order valence-electron chi connectivity index (χ2n) is 3.20. The Morgan fingerprint density at radius 3 is 3.17 bits per heavy atom. The lowest BCUT2D eigenvalue weighted by Crippen LogP contribution is -2.37. The van der Waals surface area contributed by atoms with Crippen LogP contribution in [0.2, 0.25) is 0 Å². The van der Waals surface area contributed by atoms with Crippen LogP contribution in [-0.4, -0.2) is 11.7 Å². The van der Waals surface area contributed by atoms with E-state index in [4.69, 9.17) is 15.3 Å². The molecule has 1 atom stereocenters.